The van der Waals surface area contributed by atoms with E-state index in [0.717, 1.165) is 23.5 Å². The number of rotatable bonds is 5. The van der Waals surface area contributed by atoms with Gasteiger partial charge in [-0.1, -0.05) is 6.07 Å². The lowest BCUT2D eigenvalue weighted by molar-refractivity contribution is -0.192. The molecule has 0 aliphatic carbocycles. The molecule has 7 nitrogen and oxygen atoms in total. The molecule has 1 unspecified atom stereocenters. The number of benzene rings is 1. The maximum atomic E-state index is 15.2. The Morgan fingerprint density at radius 3 is 2.69 bits per heavy atom. The van der Waals surface area contributed by atoms with Crippen LogP contribution in [0.1, 0.15) is 42.5 Å². The molecule has 13 heteroatoms. The minimum Gasteiger partial charge on any atom is -0.493 e. The van der Waals surface area contributed by atoms with Gasteiger partial charge in [-0.3, -0.25) is 14.6 Å². The maximum absolute atomic E-state index is 15.2. The number of anilines is 1. The molecule has 3 aromatic rings. The highest BCUT2D eigenvalue weighted by Gasteiger charge is 2.46. The Bertz CT molecular complexity index is 1320. The van der Waals surface area contributed by atoms with Crippen LogP contribution in [0.2, 0.25) is 0 Å². The second-order valence-corrected chi connectivity index (χ2v) is 11.3. The van der Waals surface area contributed by atoms with E-state index in [4.69, 9.17) is 4.74 Å². The number of ether oxygens (including phenoxy) is 1. The molecule has 2 aliphatic heterocycles. The first-order valence-corrected chi connectivity index (χ1v) is 13.6. The molecule has 3 atom stereocenters. The van der Waals surface area contributed by atoms with Crippen molar-refractivity contribution in [2.45, 2.75) is 42.4 Å². The van der Waals surface area contributed by atoms with Crippen molar-refractivity contribution in [3.05, 3.63) is 65.2 Å². The Hall–Kier alpha value is -2.77. The summed E-state index contributed by atoms with van der Waals surface area (Å²) >= 11 is 1.05. The highest BCUT2D eigenvalue weighted by Crippen LogP contribution is 2.48. The maximum Gasteiger partial charge on any atom is 0.391 e. The van der Waals surface area contributed by atoms with E-state index in [-0.39, 0.29) is 36.9 Å². The van der Waals surface area contributed by atoms with Crippen molar-refractivity contribution < 1.29 is 30.7 Å². The van der Waals surface area contributed by atoms with Crippen molar-refractivity contribution in [1.82, 2.24) is 14.9 Å². The van der Waals surface area contributed by atoms with Gasteiger partial charge in [0.2, 0.25) is 0 Å². The van der Waals surface area contributed by atoms with E-state index in [9.17, 15) is 21.6 Å². The number of alkyl halides is 3. The van der Waals surface area contributed by atoms with Gasteiger partial charge >= 0.3 is 6.18 Å². The third-order valence-electron chi connectivity index (χ3n) is 6.59. The van der Waals surface area contributed by atoms with E-state index >= 15 is 4.39 Å². The van der Waals surface area contributed by atoms with Gasteiger partial charge in [0.1, 0.15) is 16.5 Å². The van der Waals surface area contributed by atoms with Gasteiger partial charge in [-0.25, -0.2) is 17.8 Å². The number of hydrogen-bond acceptors (Lipinski definition) is 7. The molecule has 0 saturated carbocycles. The van der Waals surface area contributed by atoms with Gasteiger partial charge in [0.25, 0.3) is 10.0 Å². The largest absolute Gasteiger partial charge is 0.493 e. The highest BCUT2D eigenvalue weighted by molar-refractivity contribution is 7.93. The summed E-state index contributed by atoms with van der Waals surface area (Å²) in [6, 6.07) is 4.62. The molecule has 1 saturated heterocycles. The number of halogens is 4. The van der Waals surface area contributed by atoms with Gasteiger partial charge in [0.05, 0.1) is 12.5 Å². The zero-order valence-corrected chi connectivity index (χ0v) is 20.4. The number of likely N-dealkylation sites (tertiary alicyclic amines) is 1. The third-order valence-corrected chi connectivity index (χ3v) is 8.76. The van der Waals surface area contributed by atoms with Crippen LogP contribution < -0.4 is 9.46 Å². The molecule has 1 N–H and O–H groups in total. The molecular formula is C23H22F4N4O3S2. The second-order valence-electron chi connectivity index (χ2n) is 8.72. The average molecular weight is 543 g/mol. The lowest BCUT2D eigenvalue weighted by Gasteiger charge is -2.46. The predicted molar refractivity (Wildman–Crippen MR) is 125 cm³/mol. The van der Waals surface area contributed by atoms with Crippen molar-refractivity contribution >= 4 is 26.5 Å². The van der Waals surface area contributed by atoms with Crippen molar-refractivity contribution in [3.63, 3.8) is 0 Å². The summed E-state index contributed by atoms with van der Waals surface area (Å²) in [6.07, 6.45) is 0.396. The normalized spacial score (nSPS) is 23.1. The van der Waals surface area contributed by atoms with Crippen LogP contribution in [-0.2, 0) is 10.0 Å². The summed E-state index contributed by atoms with van der Waals surface area (Å²) in [5.41, 5.74) is 1.05. The molecule has 0 spiro atoms. The van der Waals surface area contributed by atoms with Crippen LogP contribution in [0, 0.1) is 11.7 Å². The van der Waals surface area contributed by atoms with Crippen LogP contribution in [0.25, 0.3) is 0 Å². The summed E-state index contributed by atoms with van der Waals surface area (Å²) in [5, 5.41) is 1.67. The Kier molecular flexibility index (Phi) is 6.64. The molecule has 1 aromatic carbocycles. The number of nitrogens with one attached hydrogen (secondary N) is 1. The number of piperidine rings is 1. The number of sulfonamides is 1. The third kappa shape index (κ3) is 4.91. The van der Waals surface area contributed by atoms with Crippen molar-refractivity contribution in [2.75, 3.05) is 17.9 Å². The lowest BCUT2D eigenvalue weighted by atomic mass is 9.84. The molecule has 1 fully saturated rings. The van der Waals surface area contributed by atoms with Crippen LogP contribution in [0.4, 0.5) is 22.7 Å². The molecule has 2 aliphatic rings. The fourth-order valence-corrected chi connectivity index (χ4v) is 6.78. The van der Waals surface area contributed by atoms with Crippen LogP contribution in [0.5, 0.6) is 5.75 Å². The monoisotopic (exact) mass is 542 g/mol. The Morgan fingerprint density at radius 1 is 1.17 bits per heavy atom. The number of fused-ring (bicyclic) bond motifs is 1. The fraction of sp³-hybridized carbons (Fsp3) is 0.391. The molecule has 36 heavy (non-hydrogen) atoms. The van der Waals surface area contributed by atoms with Crippen molar-refractivity contribution in [2.24, 2.45) is 5.92 Å². The SMILES string of the molecule is O=S(=O)(Nc1nccs1)c1cc2c(cc1F)C(N1CC[C@@H](C(F)(F)F)C[C@H]1c1cccnc1)CCO2. The van der Waals surface area contributed by atoms with Gasteiger partial charge in [-0.15, -0.1) is 11.3 Å². The van der Waals surface area contributed by atoms with Crippen molar-refractivity contribution in [1.29, 1.82) is 0 Å². The van der Waals surface area contributed by atoms with Crippen LogP contribution in [-0.4, -0.2) is 42.6 Å². The van der Waals surface area contributed by atoms with Gasteiger partial charge in [-0.05, 0) is 37.1 Å². The average Bonchev–Trinajstić information content (AvgIpc) is 3.35. The molecule has 0 bridgehead atoms. The Balaban J connectivity index is 1.49. The zero-order chi connectivity index (χ0) is 25.5. The summed E-state index contributed by atoms with van der Waals surface area (Å²) in [6.45, 7) is 0.350. The van der Waals surface area contributed by atoms with Crippen LogP contribution >= 0.6 is 11.3 Å². The standard InChI is InChI=1S/C23H22F4N4O3S2/c24-17-11-16-18(4-8-34-20(16)12-21(17)36(32,33)30-22-29-6-9-35-22)31-7-3-15(23(25,26)27)10-19(31)14-2-1-5-28-13-14/h1-2,5-6,9,11-13,15,18-19H,3-4,7-8,10H2,(H,29,30)/t15-,18?,19+/m1/s1. The van der Waals surface area contributed by atoms with Gasteiger partial charge in [-0.2, -0.15) is 13.2 Å². The Labute approximate surface area is 209 Å². The number of hydrogen-bond donors (Lipinski definition) is 1. The quantitative estimate of drug-likeness (QED) is 0.440. The van der Waals surface area contributed by atoms with Crippen LogP contribution in [0.3, 0.4) is 0 Å². The van der Waals surface area contributed by atoms with Crippen LogP contribution in [0.15, 0.2) is 53.1 Å². The second kappa shape index (κ2) is 9.60. The minimum atomic E-state index is -4.32. The first-order chi connectivity index (χ1) is 17.1. The molecule has 4 heterocycles. The molecule has 2 aromatic heterocycles. The number of aromatic nitrogens is 2. The topological polar surface area (TPSA) is 84.4 Å². The lowest BCUT2D eigenvalue weighted by Crippen LogP contribution is -2.44. The van der Waals surface area contributed by atoms with Gasteiger partial charge < -0.3 is 4.74 Å². The summed E-state index contributed by atoms with van der Waals surface area (Å²) in [4.78, 5) is 9.29. The number of nitrogens with zero attached hydrogens (tertiary/aromatic N) is 3. The van der Waals surface area contributed by atoms with E-state index in [1.165, 1.54) is 6.20 Å². The molecule has 0 radical (unpaired) electrons. The summed E-state index contributed by atoms with van der Waals surface area (Å²) < 4.78 is 89.6. The minimum absolute atomic E-state index is 0.0837. The summed E-state index contributed by atoms with van der Waals surface area (Å²) in [7, 11) is -4.27. The number of thiazole rings is 1. The molecular weight excluding hydrogens is 520 g/mol. The van der Waals surface area contributed by atoms with Gasteiger partial charge in [0.15, 0.2) is 5.13 Å². The molecule has 5 rings (SSSR count). The van der Waals surface area contributed by atoms with E-state index < -0.39 is 44.9 Å². The zero-order valence-electron chi connectivity index (χ0n) is 18.8. The Morgan fingerprint density at radius 2 is 2.00 bits per heavy atom. The fourth-order valence-electron chi connectivity index (χ4n) is 4.92. The smallest absolute Gasteiger partial charge is 0.391 e. The first-order valence-electron chi connectivity index (χ1n) is 11.2. The highest BCUT2D eigenvalue weighted by atomic mass is 32.2. The van der Waals surface area contributed by atoms with Crippen molar-refractivity contribution in [3.8, 4) is 5.75 Å². The first kappa shape index (κ1) is 24.9. The van der Waals surface area contributed by atoms with Gasteiger partial charge in [0, 0.05) is 54.1 Å². The van der Waals surface area contributed by atoms with E-state index in [1.807, 2.05) is 4.90 Å². The summed E-state index contributed by atoms with van der Waals surface area (Å²) in [5.74, 6) is -2.24. The number of pyridine rings is 1. The van der Waals surface area contributed by atoms with E-state index in [1.54, 1.807) is 29.9 Å². The van der Waals surface area contributed by atoms with E-state index in [0.29, 0.717) is 17.5 Å². The molecule has 192 valence electrons. The molecule has 0 amide bonds. The van der Waals surface area contributed by atoms with E-state index in [2.05, 4.69) is 14.7 Å². The predicted octanol–water partition coefficient (Wildman–Crippen LogP) is 5.32.